The molecule has 0 radical (unpaired) electrons. The maximum atomic E-state index is 13.2. The number of hydrogen-bond acceptors (Lipinski definition) is 7. The van der Waals surface area contributed by atoms with E-state index in [0.29, 0.717) is 30.4 Å². The third-order valence-corrected chi connectivity index (χ3v) is 8.12. The van der Waals surface area contributed by atoms with Gasteiger partial charge in [0.1, 0.15) is 13.2 Å². The minimum absolute atomic E-state index is 0.147. The first-order valence-corrected chi connectivity index (χ1v) is 12.9. The lowest BCUT2D eigenvalue weighted by molar-refractivity contribution is 0.0690. The Morgan fingerprint density at radius 2 is 1.60 bits per heavy atom. The Hall–Kier alpha value is -3.44. The molecular formula is C24H27N5O5S. The molecule has 35 heavy (non-hydrogen) atoms. The molecule has 5 rings (SSSR count). The van der Waals surface area contributed by atoms with Crippen molar-refractivity contribution in [1.82, 2.24) is 24.2 Å². The number of ether oxygens (including phenoxy) is 2. The molecule has 0 unspecified atom stereocenters. The largest absolute Gasteiger partial charge is 0.486 e. The number of amides is 1. The molecule has 1 amide bonds. The molecule has 1 fully saturated rings. The van der Waals surface area contributed by atoms with E-state index >= 15 is 0 Å². The number of benzene rings is 2. The minimum Gasteiger partial charge on any atom is -0.486 e. The van der Waals surface area contributed by atoms with Gasteiger partial charge in [-0.15, -0.1) is 5.10 Å². The average Bonchev–Trinajstić information content (AvgIpc) is 3.24. The van der Waals surface area contributed by atoms with Crippen molar-refractivity contribution in [2.45, 2.75) is 25.7 Å². The van der Waals surface area contributed by atoms with Gasteiger partial charge in [-0.3, -0.25) is 4.79 Å². The van der Waals surface area contributed by atoms with Gasteiger partial charge in [-0.1, -0.05) is 17.7 Å². The molecule has 0 spiro atoms. The highest BCUT2D eigenvalue weighted by Crippen LogP contribution is 2.33. The lowest BCUT2D eigenvalue weighted by Gasteiger charge is -2.33. The molecule has 3 aromatic rings. The van der Waals surface area contributed by atoms with Crippen LogP contribution in [0.1, 0.15) is 27.3 Å². The summed E-state index contributed by atoms with van der Waals surface area (Å²) in [4.78, 5) is 16.5. The molecule has 0 N–H and O–H groups in total. The first-order valence-electron chi connectivity index (χ1n) is 11.4. The lowest BCUT2D eigenvalue weighted by atomic mass is 10.1. The number of aryl methyl sites for hydroxylation is 3. The van der Waals surface area contributed by atoms with Crippen molar-refractivity contribution in [3.63, 3.8) is 0 Å². The molecule has 0 bridgehead atoms. The third kappa shape index (κ3) is 4.37. The van der Waals surface area contributed by atoms with Crippen molar-refractivity contribution < 1.29 is 22.7 Å². The maximum Gasteiger partial charge on any atom is 0.276 e. The molecule has 0 saturated carbocycles. The van der Waals surface area contributed by atoms with Gasteiger partial charge in [-0.25, -0.2) is 8.42 Å². The number of sulfonamides is 1. The second kappa shape index (κ2) is 8.97. The first-order chi connectivity index (χ1) is 16.7. The maximum absolute atomic E-state index is 13.2. The van der Waals surface area contributed by atoms with Crippen LogP contribution < -0.4 is 9.47 Å². The van der Waals surface area contributed by atoms with E-state index in [9.17, 15) is 13.2 Å². The highest BCUT2D eigenvalue weighted by molar-refractivity contribution is 7.89. The molecule has 2 aromatic carbocycles. The third-order valence-electron chi connectivity index (χ3n) is 6.23. The van der Waals surface area contributed by atoms with E-state index < -0.39 is 10.0 Å². The fourth-order valence-corrected chi connectivity index (χ4v) is 5.77. The number of aromatic nitrogens is 3. The van der Waals surface area contributed by atoms with Crippen LogP contribution in [0.2, 0.25) is 0 Å². The van der Waals surface area contributed by atoms with Gasteiger partial charge in [-0.05, 0) is 44.5 Å². The number of carbonyl (C=O) groups is 1. The van der Waals surface area contributed by atoms with Gasteiger partial charge in [0.2, 0.25) is 10.0 Å². The molecule has 1 saturated heterocycles. The van der Waals surface area contributed by atoms with Crippen LogP contribution >= 0.6 is 0 Å². The zero-order valence-electron chi connectivity index (χ0n) is 19.9. The van der Waals surface area contributed by atoms with Crippen LogP contribution in [0.5, 0.6) is 11.5 Å². The second-order valence-corrected chi connectivity index (χ2v) is 10.7. The monoisotopic (exact) mass is 497 g/mol. The normalized spacial score (nSPS) is 16.4. The first kappa shape index (κ1) is 23.3. The van der Waals surface area contributed by atoms with E-state index in [2.05, 4.69) is 10.2 Å². The zero-order chi connectivity index (χ0) is 24.7. The summed E-state index contributed by atoms with van der Waals surface area (Å²) in [6, 6.07) is 10.6. The van der Waals surface area contributed by atoms with Crippen LogP contribution in [0.4, 0.5) is 0 Å². The van der Waals surface area contributed by atoms with Crippen LogP contribution in [0.3, 0.4) is 0 Å². The zero-order valence-corrected chi connectivity index (χ0v) is 20.7. The van der Waals surface area contributed by atoms with Gasteiger partial charge in [0, 0.05) is 32.2 Å². The number of carbonyl (C=O) groups excluding carboxylic acids is 1. The van der Waals surface area contributed by atoms with Crippen LogP contribution in [0, 0.1) is 20.8 Å². The van der Waals surface area contributed by atoms with Crippen LogP contribution in [0.25, 0.3) is 5.69 Å². The Morgan fingerprint density at radius 3 is 2.31 bits per heavy atom. The molecule has 2 aliphatic heterocycles. The van der Waals surface area contributed by atoms with Gasteiger partial charge >= 0.3 is 0 Å². The van der Waals surface area contributed by atoms with E-state index in [1.54, 1.807) is 17.9 Å². The van der Waals surface area contributed by atoms with Crippen molar-refractivity contribution >= 4 is 15.9 Å². The molecule has 3 heterocycles. The van der Waals surface area contributed by atoms with Crippen molar-refractivity contribution in [2.75, 3.05) is 39.4 Å². The highest BCUT2D eigenvalue weighted by atomic mass is 32.2. The van der Waals surface area contributed by atoms with Crippen molar-refractivity contribution in [1.29, 1.82) is 0 Å². The lowest BCUT2D eigenvalue weighted by Crippen LogP contribution is -2.50. The number of piperazine rings is 1. The van der Waals surface area contributed by atoms with Crippen LogP contribution in [-0.4, -0.2) is 77.9 Å². The van der Waals surface area contributed by atoms with Gasteiger partial charge in [0.05, 0.1) is 16.3 Å². The Balaban J connectivity index is 1.29. The van der Waals surface area contributed by atoms with Gasteiger partial charge in [-0.2, -0.15) is 14.2 Å². The summed E-state index contributed by atoms with van der Waals surface area (Å²) >= 11 is 0. The van der Waals surface area contributed by atoms with E-state index in [1.165, 1.54) is 21.2 Å². The SMILES string of the molecule is Cc1ccc(-n2nc(C)c(C(=O)N3CCN(S(=O)(=O)c4ccc5c(c4)OCCO5)CC3)n2)c(C)c1. The summed E-state index contributed by atoms with van der Waals surface area (Å²) in [5, 5.41) is 8.90. The molecule has 10 nitrogen and oxygen atoms in total. The number of fused-ring (bicyclic) bond motifs is 1. The molecule has 0 aliphatic carbocycles. The van der Waals surface area contributed by atoms with Crippen molar-refractivity contribution in [3.05, 3.63) is 58.9 Å². The predicted molar refractivity (Wildman–Crippen MR) is 128 cm³/mol. The van der Waals surface area contributed by atoms with Crippen molar-refractivity contribution in [2.24, 2.45) is 0 Å². The predicted octanol–water partition coefficient (Wildman–Crippen LogP) is 2.11. The number of nitrogens with zero attached hydrogens (tertiary/aromatic N) is 5. The van der Waals surface area contributed by atoms with E-state index in [0.717, 1.165) is 16.8 Å². The molecule has 0 atom stereocenters. The topological polar surface area (TPSA) is 107 Å². The Labute approximate surface area is 204 Å². The fourth-order valence-electron chi connectivity index (χ4n) is 4.33. The molecule has 184 valence electrons. The summed E-state index contributed by atoms with van der Waals surface area (Å²) in [6.45, 7) is 7.46. The van der Waals surface area contributed by atoms with Crippen molar-refractivity contribution in [3.8, 4) is 17.2 Å². The van der Waals surface area contributed by atoms with E-state index in [-0.39, 0.29) is 42.7 Å². The van der Waals surface area contributed by atoms with Gasteiger partial charge < -0.3 is 14.4 Å². The molecule has 2 aliphatic rings. The quantitative estimate of drug-likeness (QED) is 0.543. The Kier molecular flexibility index (Phi) is 5.97. The highest BCUT2D eigenvalue weighted by Gasteiger charge is 2.32. The molecule has 1 aromatic heterocycles. The minimum atomic E-state index is -3.73. The van der Waals surface area contributed by atoms with E-state index in [1.807, 2.05) is 32.0 Å². The number of hydrogen-bond donors (Lipinski definition) is 0. The molecular weight excluding hydrogens is 470 g/mol. The summed E-state index contributed by atoms with van der Waals surface area (Å²) in [6.07, 6.45) is 0. The summed E-state index contributed by atoms with van der Waals surface area (Å²) in [5.41, 5.74) is 3.76. The smallest absolute Gasteiger partial charge is 0.276 e. The van der Waals surface area contributed by atoms with Crippen LogP contribution in [0.15, 0.2) is 41.3 Å². The van der Waals surface area contributed by atoms with E-state index in [4.69, 9.17) is 9.47 Å². The van der Waals surface area contributed by atoms with Crippen LogP contribution in [-0.2, 0) is 10.0 Å². The summed E-state index contributed by atoms with van der Waals surface area (Å²) in [7, 11) is -3.73. The van der Waals surface area contributed by atoms with Gasteiger partial charge in [0.25, 0.3) is 5.91 Å². The summed E-state index contributed by atoms with van der Waals surface area (Å²) < 4.78 is 38.8. The standard InChI is InChI=1S/C24H27N5O5S/c1-16-4-6-20(17(2)14-16)29-25-18(3)23(26-29)24(30)27-8-10-28(11-9-27)35(31,32)19-5-7-21-22(15-19)34-13-12-33-21/h4-7,14-15H,8-13H2,1-3H3. The summed E-state index contributed by atoms with van der Waals surface area (Å²) in [5.74, 6) is 0.707. The second-order valence-electron chi connectivity index (χ2n) is 8.72. The number of rotatable bonds is 4. The Morgan fingerprint density at radius 1 is 0.886 bits per heavy atom. The van der Waals surface area contributed by atoms with Gasteiger partial charge in [0.15, 0.2) is 17.2 Å². The Bertz CT molecular complexity index is 1390. The fraction of sp³-hybridized carbons (Fsp3) is 0.375. The average molecular weight is 498 g/mol. The molecule has 11 heteroatoms.